The molecular weight excluding hydrogens is 134 g/mol. The van der Waals surface area contributed by atoms with Crippen LogP contribution in [0.4, 0.5) is 5.69 Å². The molecular formula is C6H5NOS. The maximum absolute atomic E-state index is 10.7. The first-order chi connectivity index (χ1) is 4.38. The predicted molar refractivity (Wildman–Crippen MR) is 36.5 cm³/mol. The first-order valence-electron chi connectivity index (χ1n) is 2.65. The van der Waals surface area contributed by atoms with Gasteiger partial charge in [-0.15, -0.1) is 0 Å². The third kappa shape index (κ3) is 0.580. The summed E-state index contributed by atoms with van der Waals surface area (Å²) < 4.78 is 13.5. The quantitative estimate of drug-likeness (QED) is 0.573. The Morgan fingerprint density at radius 3 is 2.67 bits per heavy atom. The molecule has 1 aliphatic rings. The highest BCUT2D eigenvalue weighted by atomic mass is 32.2. The van der Waals surface area contributed by atoms with Crippen LogP contribution >= 0.6 is 0 Å². The third-order valence-corrected chi connectivity index (χ3v) is 2.45. The van der Waals surface area contributed by atoms with Crippen LogP contribution in [0.3, 0.4) is 0 Å². The van der Waals surface area contributed by atoms with Gasteiger partial charge in [0.15, 0.2) is 11.0 Å². The van der Waals surface area contributed by atoms with Crippen LogP contribution in [0.1, 0.15) is 0 Å². The minimum atomic E-state index is -0.917. The molecule has 1 N–H and O–H groups in total. The van der Waals surface area contributed by atoms with Gasteiger partial charge in [-0.25, -0.2) is 4.21 Å². The highest BCUT2D eigenvalue weighted by Gasteiger charge is 2.18. The average Bonchev–Trinajstić information content (AvgIpc) is 1.86. The van der Waals surface area contributed by atoms with E-state index in [-0.39, 0.29) is 0 Å². The van der Waals surface area contributed by atoms with Crippen LogP contribution in [-0.4, -0.2) is 4.21 Å². The summed E-state index contributed by atoms with van der Waals surface area (Å²) in [5, 5.41) is 0. The zero-order chi connectivity index (χ0) is 6.27. The molecule has 0 aliphatic carbocycles. The second-order valence-corrected chi connectivity index (χ2v) is 3.05. The van der Waals surface area contributed by atoms with Crippen LogP contribution in [-0.2, 0) is 11.0 Å². The fourth-order valence-corrected chi connectivity index (χ4v) is 1.68. The number of rotatable bonds is 0. The van der Waals surface area contributed by atoms with Gasteiger partial charge in [0, 0.05) is 0 Å². The lowest BCUT2D eigenvalue weighted by molar-refractivity contribution is 0.683. The smallest absolute Gasteiger partial charge is 0.152 e. The Labute approximate surface area is 55.5 Å². The maximum atomic E-state index is 10.7. The molecule has 2 rings (SSSR count). The summed E-state index contributed by atoms with van der Waals surface area (Å²) in [5.74, 6) is 0. The van der Waals surface area contributed by atoms with E-state index < -0.39 is 11.0 Å². The van der Waals surface area contributed by atoms with E-state index >= 15 is 0 Å². The lowest BCUT2D eigenvalue weighted by Crippen LogP contribution is -2.16. The van der Waals surface area contributed by atoms with Gasteiger partial charge in [-0.3, -0.25) is 4.72 Å². The van der Waals surface area contributed by atoms with Crippen molar-refractivity contribution in [2.45, 2.75) is 4.90 Å². The van der Waals surface area contributed by atoms with Gasteiger partial charge in [-0.05, 0) is 12.1 Å². The molecule has 0 aromatic heterocycles. The van der Waals surface area contributed by atoms with Crippen molar-refractivity contribution in [1.82, 2.24) is 0 Å². The minimum Gasteiger partial charge on any atom is -0.300 e. The SMILES string of the molecule is O=S1Nc2ccccc21. The molecule has 9 heavy (non-hydrogen) atoms. The van der Waals surface area contributed by atoms with Crippen LogP contribution in [0.25, 0.3) is 0 Å². The standard InChI is InChI=1S/C6H5NOS/c8-9-6-4-2-1-3-5(6)7-9/h1-4,7H. The van der Waals surface area contributed by atoms with Crippen LogP contribution < -0.4 is 4.72 Å². The van der Waals surface area contributed by atoms with Crippen molar-refractivity contribution < 1.29 is 4.21 Å². The van der Waals surface area contributed by atoms with Crippen LogP contribution in [0.15, 0.2) is 29.2 Å². The third-order valence-electron chi connectivity index (χ3n) is 1.29. The highest BCUT2D eigenvalue weighted by Crippen LogP contribution is 2.28. The molecule has 1 aromatic rings. The first kappa shape index (κ1) is 4.99. The lowest BCUT2D eigenvalue weighted by Gasteiger charge is -2.18. The molecule has 0 radical (unpaired) electrons. The number of anilines is 1. The number of fused-ring (bicyclic) bond motifs is 1. The van der Waals surface area contributed by atoms with Crippen molar-refractivity contribution in [2.75, 3.05) is 4.72 Å². The number of hydrogen-bond acceptors (Lipinski definition) is 1. The number of para-hydroxylation sites is 1. The molecule has 1 aliphatic heterocycles. The van der Waals surface area contributed by atoms with Crippen molar-refractivity contribution in [3.63, 3.8) is 0 Å². The van der Waals surface area contributed by atoms with Gasteiger partial charge >= 0.3 is 0 Å². The van der Waals surface area contributed by atoms with E-state index in [9.17, 15) is 4.21 Å². The van der Waals surface area contributed by atoms with E-state index in [0.29, 0.717) is 0 Å². The second-order valence-electron chi connectivity index (χ2n) is 1.87. The second kappa shape index (κ2) is 1.57. The van der Waals surface area contributed by atoms with Gasteiger partial charge in [-0.2, -0.15) is 0 Å². The van der Waals surface area contributed by atoms with Gasteiger partial charge in [0.05, 0.1) is 10.6 Å². The molecule has 0 saturated carbocycles. The summed E-state index contributed by atoms with van der Waals surface area (Å²) >= 11 is 0. The normalized spacial score (nSPS) is 21.6. The molecule has 1 atom stereocenters. The van der Waals surface area contributed by atoms with Crippen molar-refractivity contribution in [3.8, 4) is 0 Å². The molecule has 3 heteroatoms. The van der Waals surface area contributed by atoms with E-state index in [1.54, 1.807) is 0 Å². The van der Waals surface area contributed by atoms with E-state index in [4.69, 9.17) is 0 Å². The molecule has 1 heterocycles. The Bertz CT molecular complexity index is 272. The van der Waals surface area contributed by atoms with Crippen LogP contribution in [0, 0.1) is 0 Å². The molecule has 0 amide bonds. The zero-order valence-electron chi connectivity index (χ0n) is 4.63. The highest BCUT2D eigenvalue weighted by molar-refractivity contribution is 7.88. The molecule has 1 unspecified atom stereocenters. The van der Waals surface area contributed by atoms with Gasteiger partial charge in [0.25, 0.3) is 0 Å². The van der Waals surface area contributed by atoms with E-state index in [1.165, 1.54) is 0 Å². The Morgan fingerprint density at radius 2 is 2.11 bits per heavy atom. The molecule has 0 saturated heterocycles. The predicted octanol–water partition coefficient (Wildman–Crippen LogP) is 1.13. The topological polar surface area (TPSA) is 29.1 Å². The molecule has 1 aromatic carbocycles. The number of benzene rings is 1. The number of nitrogens with one attached hydrogen (secondary N) is 1. The van der Waals surface area contributed by atoms with Crippen LogP contribution in [0.2, 0.25) is 0 Å². The van der Waals surface area contributed by atoms with E-state index in [0.717, 1.165) is 10.6 Å². The largest absolute Gasteiger partial charge is 0.300 e. The summed E-state index contributed by atoms with van der Waals surface area (Å²) in [7, 11) is -0.917. The Morgan fingerprint density at radius 1 is 1.33 bits per heavy atom. The average molecular weight is 139 g/mol. The zero-order valence-corrected chi connectivity index (χ0v) is 5.44. The lowest BCUT2D eigenvalue weighted by atomic mass is 10.3. The monoisotopic (exact) mass is 139 g/mol. The Kier molecular flexibility index (Phi) is 0.873. The summed E-state index contributed by atoms with van der Waals surface area (Å²) in [6.45, 7) is 0. The van der Waals surface area contributed by atoms with Gasteiger partial charge in [0.1, 0.15) is 0 Å². The van der Waals surface area contributed by atoms with Crippen LogP contribution in [0.5, 0.6) is 0 Å². The van der Waals surface area contributed by atoms with Crippen molar-refractivity contribution >= 4 is 16.7 Å². The summed E-state index contributed by atoms with van der Waals surface area (Å²) in [6, 6.07) is 7.58. The number of hydrogen-bond donors (Lipinski definition) is 1. The van der Waals surface area contributed by atoms with E-state index in [2.05, 4.69) is 4.72 Å². The first-order valence-corrected chi connectivity index (χ1v) is 3.80. The summed E-state index contributed by atoms with van der Waals surface area (Å²) in [4.78, 5) is 0.914. The fourth-order valence-electron chi connectivity index (χ4n) is 0.821. The summed E-state index contributed by atoms with van der Waals surface area (Å²) in [6.07, 6.45) is 0. The Hall–Kier alpha value is -0.830. The van der Waals surface area contributed by atoms with Gasteiger partial charge in [-0.1, -0.05) is 12.1 Å². The molecule has 46 valence electrons. The van der Waals surface area contributed by atoms with Gasteiger partial charge in [0.2, 0.25) is 0 Å². The van der Waals surface area contributed by atoms with E-state index in [1.807, 2.05) is 24.3 Å². The molecule has 0 bridgehead atoms. The maximum Gasteiger partial charge on any atom is 0.152 e. The molecule has 0 spiro atoms. The van der Waals surface area contributed by atoms with Gasteiger partial charge < -0.3 is 0 Å². The Balaban J connectivity index is 2.63. The van der Waals surface area contributed by atoms with Crippen molar-refractivity contribution in [3.05, 3.63) is 24.3 Å². The summed E-state index contributed by atoms with van der Waals surface area (Å²) in [5.41, 5.74) is 0.996. The van der Waals surface area contributed by atoms with Crippen molar-refractivity contribution in [1.29, 1.82) is 0 Å². The fraction of sp³-hybridized carbons (Fsp3) is 0. The molecule has 0 fully saturated rings. The minimum absolute atomic E-state index is 0.914. The van der Waals surface area contributed by atoms with Crippen molar-refractivity contribution in [2.24, 2.45) is 0 Å². The molecule has 2 nitrogen and oxygen atoms in total.